The van der Waals surface area contributed by atoms with Gasteiger partial charge in [0.1, 0.15) is 22.1 Å². The number of fused-ring (bicyclic) bond motifs is 1. The maximum atomic E-state index is 12.7. The van der Waals surface area contributed by atoms with Crippen LogP contribution in [0.2, 0.25) is 5.02 Å². The Kier molecular flexibility index (Phi) is 8.43. The van der Waals surface area contributed by atoms with E-state index in [2.05, 4.69) is 24.4 Å². The van der Waals surface area contributed by atoms with E-state index in [9.17, 15) is 9.59 Å². The van der Waals surface area contributed by atoms with Crippen molar-refractivity contribution in [2.75, 3.05) is 13.7 Å². The number of ether oxygens (including phenoxy) is 3. The number of rotatable bonds is 9. The number of nitrogens with zero attached hydrogens (tertiary/aromatic N) is 1. The number of halogens is 1. The van der Waals surface area contributed by atoms with Crippen molar-refractivity contribution in [1.29, 1.82) is 0 Å². The third-order valence-corrected chi connectivity index (χ3v) is 7.07. The van der Waals surface area contributed by atoms with Gasteiger partial charge in [0, 0.05) is 10.1 Å². The van der Waals surface area contributed by atoms with E-state index < -0.39 is 5.97 Å². The first-order valence-corrected chi connectivity index (χ1v) is 12.7. The summed E-state index contributed by atoms with van der Waals surface area (Å²) in [5.74, 6) is 1.16. The molecular formula is C28H25ClN2O5S. The molecule has 1 heterocycles. The van der Waals surface area contributed by atoms with Crippen molar-refractivity contribution in [1.82, 2.24) is 5.43 Å². The van der Waals surface area contributed by atoms with E-state index in [0.29, 0.717) is 38.6 Å². The van der Waals surface area contributed by atoms with E-state index in [1.54, 1.807) is 37.4 Å². The average molecular weight is 537 g/mol. The number of esters is 1. The lowest BCUT2D eigenvalue weighted by atomic mass is 10.0. The van der Waals surface area contributed by atoms with Gasteiger partial charge in [0.25, 0.3) is 5.91 Å². The monoisotopic (exact) mass is 536 g/mol. The number of carbonyl (C=O) groups excluding carboxylic acids is 2. The zero-order valence-electron chi connectivity index (χ0n) is 20.5. The molecule has 190 valence electrons. The van der Waals surface area contributed by atoms with Gasteiger partial charge in [-0.2, -0.15) is 5.10 Å². The van der Waals surface area contributed by atoms with Gasteiger partial charge in [-0.25, -0.2) is 10.2 Å². The molecule has 0 bridgehead atoms. The van der Waals surface area contributed by atoms with Crippen LogP contribution in [0, 0.1) is 0 Å². The quantitative estimate of drug-likeness (QED) is 0.115. The van der Waals surface area contributed by atoms with Crippen LogP contribution in [0.4, 0.5) is 0 Å². The highest BCUT2D eigenvalue weighted by atomic mass is 35.5. The molecule has 0 fully saturated rings. The van der Waals surface area contributed by atoms with Crippen LogP contribution in [0.1, 0.15) is 40.6 Å². The fourth-order valence-corrected chi connectivity index (χ4v) is 4.80. The van der Waals surface area contributed by atoms with E-state index in [4.69, 9.17) is 25.8 Å². The number of thiophene rings is 1. The first kappa shape index (κ1) is 26.2. The molecule has 0 unspecified atom stereocenters. The molecule has 0 spiro atoms. The Bertz CT molecular complexity index is 1430. The minimum Gasteiger partial charge on any atom is -0.497 e. The summed E-state index contributed by atoms with van der Waals surface area (Å²) in [5, 5.41) is 5.06. The number of amides is 1. The number of methoxy groups -OCH3 is 1. The molecule has 9 heteroatoms. The largest absolute Gasteiger partial charge is 0.497 e. The van der Waals surface area contributed by atoms with Crippen molar-refractivity contribution in [3.8, 4) is 17.2 Å². The Morgan fingerprint density at radius 2 is 1.68 bits per heavy atom. The van der Waals surface area contributed by atoms with Gasteiger partial charge in [-0.15, -0.1) is 11.3 Å². The molecule has 4 rings (SSSR count). The number of nitrogens with one attached hydrogen (secondary N) is 1. The fourth-order valence-electron chi connectivity index (χ4n) is 3.39. The van der Waals surface area contributed by atoms with E-state index in [-0.39, 0.29) is 12.5 Å². The van der Waals surface area contributed by atoms with Crippen LogP contribution < -0.4 is 19.6 Å². The second kappa shape index (κ2) is 11.9. The van der Waals surface area contributed by atoms with Crippen molar-refractivity contribution >= 4 is 51.1 Å². The second-order valence-electron chi connectivity index (χ2n) is 8.37. The summed E-state index contributed by atoms with van der Waals surface area (Å²) in [7, 11) is 1.58. The zero-order valence-corrected chi connectivity index (χ0v) is 22.1. The fraction of sp³-hybridized carbons (Fsp3) is 0.179. The Morgan fingerprint density at radius 1 is 1.00 bits per heavy atom. The predicted molar refractivity (Wildman–Crippen MR) is 147 cm³/mol. The highest BCUT2D eigenvalue weighted by Crippen LogP contribution is 2.37. The van der Waals surface area contributed by atoms with Crippen LogP contribution in [0.25, 0.3) is 10.1 Å². The van der Waals surface area contributed by atoms with E-state index in [1.165, 1.54) is 23.1 Å². The van der Waals surface area contributed by atoms with Crippen LogP contribution in [0.5, 0.6) is 17.2 Å². The van der Waals surface area contributed by atoms with Gasteiger partial charge in [0.15, 0.2) is 6.61 Å². The molecule has 7 nitrogen and oxygen atoms in total. The molecule has 0 aliphatic heterocycles. The Hall–Kier alpha value is -3.88. The SMILES string of the molecule is COc1ccc2c(Cl)c(C(=O)Oc3ccc(C=NNC(=O)COc4ccc(C(C)C)cc4)cc3)sc2c1. The number of benzene rings is 3. The first-order chi connectivity index (χ1) is 17.8. The number of carbonyl (C=O) groups is 2. The molecule has 1 amide bonds. The minimum absolute atomic E-state index is 0.152. The summed E-state index contributed by atoms with van der Waals surface area (Å²) < 4.78 is 17.0. The van der Waals surface area contributed by atoms with Gasteiger partial charge >= 0.3 is 5.97 Å². The summed E-state index contributed by atoms with van der Waals surface area (Å²) in [6.07, 6.45) is 1.48. The Morgan fingerprint density at radius 3 is 2.35 bits per heavy atom. The zero-order chi connectivity index (χ0) is 26.4. The normalized spacial score (nSPS) is 11.2. The lowest BCUT2D eigenvalue weighted by Gasteiger charge is -2.08. The molecule has 0 aliphatic carbocycles. The lowest BCUT2D eigenvalue weighted by Crippen LogP contribution is -2.24. The molecule has 0 aliphatic rings. The highest BCUT2D eigenvalue weighted by Gasteiger charge is 2.19. The summed E-state index contributed by atoms with van der Waals surface area (Å²) in [6, 6.07) is 19.8. The molecule has 1 aromatic heterocycles. The highest BCUT2D eigenvalue weighted by molar-refractivity contribution is 7.21. The van der Waals surface area contributed by atoms with Crippen molar-refractivity contribution in [3.05, 3.63) is 87.8 Å². The average Bonchev–Trinajstić information content (AvgIpc) is 3.24. The second-order valence-corrected chi connectivity index (χ2v) is 9.80. The molecule has 4 aromatic rings. The number of hydrogen-bond donors (Lipinski definition) is 1. The standard InChI is InChI=1S/C28H25ClN2O5S/c1-17(2)19-6-10-20(11-7-19)35-16-25(32)31-30-15-18-4-8-21(9-5-18)36-28(33)27-26(29)23-13-12-22(34-3)14-24(23)37-27/h4-15,17H,16H2,1-3H3,(H,31,32). The van der Waals surface area contributed by atoms with Crippen molar-refractivity contribution < 1.29 is 23.8 Å². The van der Waals surface area contributed by atoms with Gasteiger partial charge in [0.2, 0.25) is 0 Å². The van der Waals surface area contributed by atoms with Crippen molar-refractivity contribution in [2.24, 2.45) is 5.10 Å². The van der Waals surface area contributed by atoms with Gasteiger partial charge in [-0.1, -0.05) is 37.6 Å². The van der Waals surface area contributed by atoms with Crippen LogP contribution in [-0.2, 0) is 4.79 Å². The Labute approximate surface area is 223 Å². The topological polar surface area (TPSA) is 86.2 Å². The van der Waals surface area contributed by atoms with Crippen LogP contribution in [-0.4, -0.2) is 31.8 Å². The maximum absolute atomic E-state index is 12.7. The third-order valence-electron chi connectivity index (χ3n) is 5.43. The molecule has 3 aromatic carbocycles. The first-order valence-electron chi connectivity index (χ1n) is 11.5. The molecule has 37 heavy (non-hydrogen) atoms. The van der Waals surface area contributed by atoms with Crippen LogP contribution in [0.15, 0.2) is 71.8 Å². The van der Waals surface area contributed by atoms with Gasteiger partial charge in [-0.05, 0) is 71.6 Å². The predicted octanol–water partition coefficient (Wildman–Crippen LogP) is 6.44. The van der Waals surface area contributed by atoms with Gasteiger partial charge < -0.3 is 14.2 Å². The summed E-state index contributed by atoms with van der Waals surface area (Å²) >= 11 is 7.65. The third kappa shape index (κ3) is 6.67. The molecule has 0 saturated heterocycles. The summed E-state index contributed by atoms with van der Waals surface area (Å²) in [5.41, 5.74) is 4.33. The van der Waals surface area contributed by atoms with E-state index >= 15 is 0 Å². The summed E-state index contributed by atoms with van der Waals surface area (Å²) in [6.45, 7) is 4.07. The molecule has 0 atom stereocenters. The van der Waals surface area contributed by atoms with Crippen molar-refractivity contribution in [3.63, 3.8) is 0 Å². The summed E-state index contributed by atoms with van der Waals surface area (Å²) in [4.78, 5) is 25.0. The van der Waals surface area contributed by atoms with Crippen LogP contribution in [0.3, 0.4) is 0 Å². The van der Waals surface area contributed by atoms with E-state index in [0.717, 1.165) is 10.1 Å². The number of hydrazone groups is 1. The van der Waals surface area contributed by atoms with Gasteiger partial charge in [-0.3, -0.25) is 4.79 Å². The lowest BCUT2D eigenvalue weighted by molar-refractivity contribution is -0.123. The minimum atomic E-state index is -0.544. The Balaban J connectivity index is 1.28. The molecule has 0 saturated carbocycles. The maximum Gasteiger partial charge on any atom is 0.355 e. The van der Waals surface area contributed by atoms with Crippen LogP contribution >= 0.6 is 22.9 Å². The molecule has 1 N–H and O–H groups in total. The van der Waals surface area contributed by atoms with Gasteiger partial charge in [0.05, 0.1) is 18.3 Å². The van der Waals surface area contributed by atoms with Crippen molar-refractivity contribution in [2.45, 2.75) is 19.8 Å². The van der Waals surface area contributed by atoms with E-state index in [1.807, 2.05) is 36.4 Å². The molecule has 0 radical (unpaired) electrons. The number of hydrogen-bond acceptors (Lipinski definition) is 7. The smallest absolute Gasteiger partial charge is 0.355 e. The molecular weight excluding hydrogens is 512 g/mol.